The normalized spacial score (nSPS) is 14.0. The van der Waals surface area contributed by atoms with Gasteiger partial charge in [-0.3, -0.25) is 14.9 Å². The lowest BCUT2D eigenvalue weighted by Crippen LogP contribution is -2.34. The molecule has 140 valence electrons. The van der Waals surface area contributed by atoms with Gasteiger partial charge in [-0.25, -0.2) is 9.99 Å². The number of thiazole rings is 1. The summed E-state index contributed by atoms with van der Waals surface area (Å²) >= 11 is 1.42. The van der Waals surface area contributed by atoms with Crippen LogP contribution in [0.2, 0.25) is 0 Å². The number of rotatable bonds is 4. The summed E-state index contributed by atoms with van der Waals surface area (Å²) in [7, 11) is 1.55. The largest absolute Gasteiger partial charge is 0.297 e. The quantitative estimate of drug-likeness (QED) is 0.731. The van der Waals surface area contributed by atoms with E-state index in [1.54, 1.807) is 7.05 Å². The summed E-state index contributed by atoms with van der Waals surface area (Å²) in [6.07, 6.45) is 0.614. The Balaban J connectivity index is 1.67. The fraction of sp³-hybridized carbons (Fsp3) is 0.143. The van der Waals surface area contributed by atoms with Crippen LogP contribution in [-0.4, -0.2) is 34.6 Å². The van der Waals surface area contributed by atoms with Crippen LogP contribution >= 0.6 is 11.3 Å². The summed E-state index contributed by atoms with van der Waals surface area (Å²) < 4.78 is 0. The SMILES string of the molecule is CN1N=C(C(=O)Nc2nc(-c3ccccc3)c(-c3ccccc3)s2)CCC1=O. The van der Waals surface area contributed by atoms with E-state index in [9.17, 15) is 9.59 Å². The van der Waals surface area contributed by atoms with Crippen LogP contribution in [0.25, 0.3) is 21.7 Å². The van der Waals surface area contributed by atoms with Gasteiger partial charge in [0.15, 0.2) is 5.13 Å². The number of amides is 2. The van der Waals surface area contributed by atoms with Gasteiger partial charge < -0.3 is 0 Å². The zero-order chi connectivity index (χ0) is 19.5. The van der Waals surface area contributed by atoms with Gasteiger partial charge in [-0.15, -0.1) is 0 Å². The first-order valence-corrected chi connectivity index (χ1v) is 9.70. The Bertz CT molecular complexity index is 988. The fourth-order valence-electron chi connectivity index (χ4n) is 2.95. The van der Waals surface area contributed by atoms with Gasteiger partial charge >= 0.3 is 0 Å². The molecule has 2 heterocycles. The average Bonchev–Trinajstić information content (AvgIpc) is 3.15. The van der Waals surface area contributed by atoms with E-state index in [1.165, 1.54) is 16.3 Å². The van der Waals surface area contributed by atoms with E-state index in [0.29, 0.717) is 17.3 Å². The van der Waals surface area contributed by atoms with E-state index in [-0.39, 0.29) is 18.2 Å². The number of carbonyl (C=O) groups is 2. The zero-order valence-corrected chi connectivity index (χ0v) is 16.1. The number of hydrogen-bond donors (Lipinski definition) is 1. The molecule has 7 heteroatoms. The van der Waals surface area contributed by atoms with Crippen molar-refractivity contribution in [2.24, 2.45) is 5.10 Å². The predicted octanol–water partition coefficient (Wildman–Crippen LogP) is 4.02. The van der Waals surface area contributed by atoms with Crippen molar-refractivity contribution in [1.82, 2.24) is 9.99 Å². The second-order valence-electron chi connectivity index (χ2n) is 6.35. The van der Waals surface area contributed by atoms with Gasteiger partial charge in [-0.05, 0) is 5.56 Å². The molecular weight excluding hydrogens is 372 g/mol. The number of hydrazone groups is 1. The molecule has 0 fully saturated rings. The Morgan fingerprint density at radius 2 is 1.64 bits per heavy atom. The van der Waals surface area contributed by atoms with Gasteiger partial charge in [0.1, 0.15) is 5.71 Å². The summed E-state index contributed by atoms with van der Waals surface area (Å²) in [4.78, 5) is 29.8. The van der Waals surface area contributed by atoms with E-state index in [0.717, 1.165) is 21.7 Å². The minimum atomic E-state index is -0.327. The van der Waals surface area contributed by atoms with E-state index in [4.69, 9.17) is 0 Å². The van der Waals surface area contributed by atoms with Crippen molar-refractivity contribution in [1.29, 1.82) is 0 Å². The van der Waals surface area contributed by atoms with Crippen LogP contribution in [0.4, 0.5) is 5.13 Å². The number of benzene rings is 2. The van der Waals surface area contributed by atoms with Gasteiger partial charge in [0, 0.05) is 25.5 Å². The standard InChI is InChI=1S/C21H18N4O2S/c1-25-17(26)13-12-16(24-25)20(27)23-21-22-18(14-8-4-2-5-9-14)19(28-21)15-10-6-3-7-11-15/h2-11H,12-13H2,1H3,(H,22,23,27). The van der Waals surface area contributed by atoms with Crippen LogP contribution in [0.3, 0.4) is 0 Å². The highest BCUT2D eigenvalue weighted by Gasteiger charge is 2.23. The van der Waals surface area contributed by atoms with Gasteiger partial charge in [-0.2, -0.15) is 5.10 Å². The molecular formula is C21H18N4O2S. The van der Waals surface area contributed by atoms with Crippen molar-refractivity contribution < 1.29 is 9.59 Å². The first-order chi connectivity index (χ1) is 13.6. The van der Waals surface area contributed by atoms with Gasteiger partial charge in [0.2, 0.25) is 5.91 Å². The molecule has 1 aliphatic rings. The Labute approximate surface area is 166 Å². The first kappa shape index (κ1) is 18.1. The molecule has 0 saturated heterocycles. The topological polar surface area (TPSA) is 74.7 Å². The van der Waals surface area contributed by atoms with Gasteiger partial charge in [0.05, 0.1) is 10.6 Å². The average molecular weight is 390 g/mol. The van der Waals surface area contributed by atoms with Crippen molar-refractivity contribution >= 4 is 34.0 Å². The van der Waals surface area contributed by atoms with Crippen LogP contribution in [0.5, 0.6) is 0 Å². The Morgan fingerprint density at radius 3 is 2.29 bits per heavy atom. The molecule has 0 bridgehead atoms. The summed E-state index contributed by atoms with van der Waals surface area (Å²) in [5.74, 6) is -0.421. The lowest BCUT2D eigenvalue weighted by atomic mass is 10.1. The van der Waals surface area contributed by atoms with Crippen LogP contribution in [0, 0.1) is 0 Å². The molecule has 3 aromatic rings. The third kappa shape index (κ3) is 3.70. The van der Waals surface area contributed by atoms with Crippen molar-refractivity contribution in [3.8, 4) is 21.7 Å². The molecule has 4 rings (SSSR count). The van der Waals surface area contributed by atoms with E-state index in [2.05, 4.69) is 15.4 Å². The third-order valence-corrected chi connectivity index (χ3v) is 5.42. The molecule has 0 aliphatic carbocycles. The van der Waals surface area contributed by atoms with Crippen molar-refractivity contribution in [2.45, 2.75) is 12.8 Å². The number of aromatic nitrogens is 1. The number of hydrogen-bond acceptors (Lipinski definition) is 5. The highest BCUT2D eigenvalue weighted by Crippen LogP contribution is 2.38. The van der Waals surface area contributed by atoms with Gasteiger partial charge in [-0.1, -0.05) is 72.0 Å². The molecule has 0 radical (unpaired) electrons. The second kappa shape index (κ2) is 7.74. The molecule has 1 N–H and O–H groups in total. The number of carbonyl (C=O) groups excluding carboxylic acids is 2. The fourth-order valence-corrected chi connectivity index (χ4v) is 3.94. The molecule has 0 unspecified atom stereocenters. The molecule has 2 amide bonds. The minimum Gasteiger partial charge on any atom is -0.297 e. The summed E-state index contributed by atoms with van der Waals surface area (Å²) in [6.45, 7) is 0. The Hall–Kier alpha value is -3.32. The zero-order valence-electron chi connectivity index (χ0n) is 15.3. The lowest BCUT2D eigenvalue weighted by Gasteiger charge is -2.18. The third-order valence-electron chi connectivity index (χ3n) is 4.40. The van der Waals surface area contributed by atoms with E-state index >= 15 is 0 Å². The van der Waals surface area contributed by atoms with Crippen molar-refractivity contribution in [2.75, 3.05) is 12.4 Å². The minimum absolute atomic E-state index is 0.0940. The lowest BCUT2D eigenvalue weighted by molar-refractivity contribution is -0.130. The highest BCUT2D eigenvalue weighted by atomic mass is 32.1. The van der Waals surface area contributed by atoms with Gasteiger partial charge in [0.25, 0.3) is 5.91 Å². The van der Waals surface area contributed by atoms with Crippen LogP contribution in [-0.2, 0) is 9.59 Å². The van der Waals surface area contributed by atoms with Crippen LogP contribution < -0.4 is 5.32 Å². The summed E-state index contributed by atoms with van der Waals surface area (Å²) in [6, 6.07) is 19.9. The van der Waals surface area contributed by atoms with Crippen molar-refractivity contribution in [3.05, 3.63) is 60.7 Å². The smallest absolute Gasteiger partial charge is 0.273 e. The molecule has 0 saturated carbocycles. The molecule has 1 aromatic heterocycles. The number of anilines is 1. The Kier molecular flexibility index (Phi) is 4.99. The molecule has 6 nitrogen and oxygen atoms in total. The maximum Gasteiger partial charge on any atom is 0.273 e. The van der Waals surface area contributed by atoms with Crippen molar-refractivity contribution in [3.63, 3.8) is 0 Å². The maximum atomic E-state index is 12.6. The van der Waals surface area contributed by atoms with E-state index in [1.807, 2.05) is 60.7 Å². The maximum absolute atomic E-state index is 12.6. The van der Waals surface area contributed by atoms with Crippen LogP contribution in [0.15, 0.2) is 65.8 Å². The Morgan fingerprint density at radius 1 is 1.00 bits per heavy atom. The molecule has 0 atom stereocenters. The highest BCUT2D eigenvalue weighted by molar-refractivity contribution is 7.19. The number of nitrogens with zero attached hydrogens (tertiary/aromatic N) is 3. The second-order valence-corrected chi connectivity index (χ2v) is 7.35. The first-order valence-electron chi connectivity index (χ1n) is 8.89. The molecule has 28 heavy (non-hydrogen) atoms. The number of nitrogens with one attached hydrogen (secondary N) is 1. The summed E-state index contributed by atoms with van der Waals surface area (Å²) in [5.41, 5.74) is 3.18. The monoisotopic (exact) mass is 390 g/mol. The van der Waals surface area contributed by atoms with E-state index < -0.39 is 0 Å². The molecule has 1 aliphatic heterocycles. The molecule has 0 spiro atoms. The molecule has 2 aromatic carbocycles. The van der Waals surface area contributed by atoms with Crippen LogP contribution in [0.1, 0.15) is 12.8 Å². The predicted molar refractivity (Wildman–Crippen MR) is 111 cm³/mol. The summed E-state index contributed by atoms with van der Waals surface area (Å²) in [5, 5.41) is 8.64.